The van der Waals surface area contributed by atoms with Crippen LogP contribution in [0.3, 0.4) is 0 Å². The maximum atomic E-state index is 12.3. The van der Waals surface area contributed by atoms with Gasteiger partial charge in [0.05, 0.1) is 5.69 Å². The van der Waals surface area contributed by atoms with Crippen molar-refractivity contribution in [3.63, 3.8) is 0 Å². The predicted molar refractivity (Wildman–Crippen MR) is 67.8 cm³/mol. The van der Waals surface area contributed by atoms with Crippen molar-refractivity contribution in [3.8, 4) is 11.8 Å². The largest absolute Gasteiger partial charge is 0.433 e. The Bertz CT molecular complexity index is 655. The van der Waals surface area contributed by atoms with Gasteiger partial charge in [0.1, 0.15) is 17.5 Å². The number of para-hydroxylation sites is 2. The van der Waals surface area contributed by atoms with Gasteiger partial charge in [-0.15, -0.1) is 0 Å². The highest BCUT2D eigenvalue weighted by molar-refractivity contribution is 5.62. The molecule has 5 nitrogen and oxygen atoms in total. The number of ether oxygens (including phenoxy) is 1. The zero-order chi connectivity index (χ0) is 14.5. The summed E-state index contributed by atoms with van der Waals surface area (Å²) in [5, 5.41) is 11.6. The van der Waals surface area contributed by atoms with Crippen LogP contribution in [-0.2, 0) is 0 Å². The number of aryl methyl sites for hydroxylation is 1. The van der Waals surface area contributed by atoms with Gasteiger partial charge in [0.2, 0.25) is 5.95 Å². The second kappa shape index (κ2) is 5.93. The van der Waals surface area contributed by atoms with E-state index < -0.39 is 6.61 Å². The first-order chi connectivity index (χ1) is 9.58. The van der Waals surface area contributed by atoms with Crippen LogP contribution in [0.2, 0.25) is 0 Å². The number of benzene rings is 1. The molecule has 7 heteroatoms. The summed E-state index contributed by atoms with van der Waals surface area (Å²) in [6.45, 7) is -1.22. The highest BCUT2D eigenvalue weighted by Gasteiger charge is 2.10. The molecule has 20 heavy (non-hydrogen) atoms. The van der Waals surface area contributed by atoms with Crippen LogP contribution in [0.4, 0.5) is 20.4 Å². The van der Waals surface area contributed by atoms with Gasteiger partial charge < -0.3 is 10.1 Å². The molecule has 0 atom stereocenters. The average Bonchev–Trinajstić information content (AvgIpc) is 2.39. The topological polar surface area (TPSA) is 70.8 Å². The molecule has 0 saturated heterocycles. The number of hydrogen-bond acceptors (Lipinski definition) is 5. The quantitative estimate of drug-likeness (QED) is 0.929. The fourth-order valence-corrected chi connectivity index (χ4v) is 1.57. The summed E-state index contributed by atoms with van der Waals surface area (Å²) < 4.78 is 29.0. The van der Waals surface area contributed by atoms with Crippen molar-refractivity contribution in [2.24, 2.45) is 0 Å². The number of rotatable bonds is 4. The number of nitriles is 1. The van der Waals surface area contributed by atoms with Crippen LogP contribution >= 0.6 is 0 Å². The van der Waals surface area contributed by atoms with Gasteiger partial charge in [-0.1, -0.05) is 12.1 Å². The van der Waals surface area contributed by atoms with Gasteiger partial charge in [0, 0.05) is 5.69 Å². The molecule has 1 N–H and O–H groups in total. The van der Waals surface area contributed by atoms with E-state index in [4.69, 9.17) is 5.26 Å². The highest BCUT2D eigenvalue weighted by atomic mass is 19.3. The van der Waals surface area contributed by atoms with Crippen molar-refractivity contribution in [2.75, 3.05) is 5.32 Å². The predicted octanol–water partition coefficient (Wildman–Crippen LogP) is 3.00. The van der Waals surface area contributed by atoms with E-state index in [2.05, 4.69) is 20.0 Å². The maximum absolute atomic E-state index is 12.3. The van der Waals surface area contributed by atoms with Gasteiger partial charge in [-0.2, -0.15) is 14.0 Å². The third-order valence-corrected chi connectivity index (χ3v) is 2.32. The summed E-state index contributed by atoms with van der Waals surface area (Å²) in [4.78, 5) is 8.02. The molecule has 0 fully saturated rings. The van der Waals surface area contributed by atoms with Crippen LogP contribution in [0.1, 0.15) is 11.4 Å². The van der Waals surface area contributed by atoms with Crippen molar-refractivity contribution in [1.29, 1.82) is 5.26 Å². The van der Waals surface area contributed by atoms with E-state index in [-0.39, 0.29) is 17.4 Å². The molecule has 0 spiro atoms. The molecule has 0 unspecified atom stereocenters. The molecule has 1 aromatic carbocycles. The van der Waals surface area contributed by atoms with Crippen LogP contribution in [0.5, 0.6) is 5.75 Å². The highest BCUT2D eigenvalue weighted by Crippen LogP contribution is 2.27. The molecule has 0 aliphatic carbocycles. The molecule has 0 saturated carbocycles. The van der Waals surface area contributed by atoms with E-state index >= 15 is 0 Å². The first-order valence-electron chi connectivity index (χ1n) is 5.65. The van der Waals surface area contributed by atoms with Crippen LogP contribution in [0.25, 0.3) is 0 Å². The Labute approximate surface area is 113 Å². The minimum atomic E-state index is -2.92. The number of anilines is 2. The van der Waals surface area contributed by atoms with E-state index in [1.807, 2.05) is 6.07 Å². The fraction of sp³-hybridized carbons (Fsp3) is 0.154. The summed E-state index contributed by atoms with van der Waals surface area (Å²) in [6.07, 6.45) is 0. The van der Waals surface area contributed by atoms with Crippen LogP contribution in [0.15, 0.2) is 30.3 Å². The second-order valence-corrected chi connectivity index (χ2v) is 3.83. The lowest BCUT2D eigenvalue weighted by Gasteiger charge is -2.11. The number of hydrogen-bond donors (Lipinski definition) is 1. The van der Waals surface area contributed by atoms with Crippen molar-refractivity contribution < 1.29 is 13.5 Å². The zero-order valence-electron chi connectivity index (χ0n) is 10.5. The maximum Gasteiger partial charge on any atom is 0.387 e. The average molecular weight is 276 g/mol. The Morgan fingerprint density at radius 1 is 1.30 bits per heavy atom. The number of aromatic nitrogens is 2. The summed E-state index contributed by atoms with van der Waals surface area (Å²) >= 11 is 0. The SMILES string of the molecule is Cc1cc(C#N)nc(Nc2ccccc2OC(F)F)n1. The number of nitrogens with zero attached hydrogens (tertiary/aromatic N) is 3. The number of halogens is 2. The molecule has 2 rings (SSSR count). The Kier molecular flexibility index (Phi) is 4.05. The summed E-state index contributed by atoms with van der Waals surface area (Å²) in [6, 6.07) is 9.59. The van der Waals surface area contributed by atoms with Crippen LogP contribution in [-0.4, -0.2) is 16.6 Å². The third-order valence-electron chi connectivity index (χ3n) is 2.32. The summed E-state index contributed by atoms with van der Waals surface area (Å²) in [5.74, 6) is 0.123. The lowest BCUT2D eigenvalue weighted by molar-refractivity contribution is -0.0493. The van der Waals surface area contributed by atoms with Gasteiger partial charge in [-0.05, 0) is 25.1 Å². The molecule has 0 aliphatic heterocycles. The molecular weight excluding hydrogens is 266 g/mol. The Hall–Kier alpha value is -2.75. The van der Waals surface area contributed by atoms with Crippen LogP contribution < -0.4 is 10.1 Å². The van der Waals surface area contributed by atoms with Crippen molar-refractivity contribution in [2.45, 2.75) is 13.5 Å². The molecule has 1 heterocycles. The second-order valence-electron chi connectivity index (χ2n) is 3.83. The minimum Gasteiger partial charge on any atom is -0.433 e. The normalized spacial score (nSPS) is 10.2. The molecule has 102 valence electrons. The van der Waals surface area contributed by atoms with Crippen LogP contribution in [0, 0.1) is 18.3 Å². The Morgan fingerprint density at radius 2 is 2.05 bits per heavy atom. The van der Waals surface area contributed by atoms with E-state index in [1.165, 1.54) is 12.1 Å². The Morgan fingerprint density at radius 3 is 2.75 bits per heavy atom. The standard InChI is InChI=1S/C13H10F2N4O/c1-8-6-9(7-16)18-13(17-8)19-10-4-2-3-5-11(10)20-12(14)15/h2-6,12H,1H3,(H,17,18,19). The minimum absolute atomic E-state index is 0.0221. The number of alkyl halides is 2. The first kappa shape index (κ1) is 13.7. The molecule has 0 amide bonds. The third kappa shape index (κ3) is 3.38. The van der Waals surface area contributed by atoms with E-state index in [0.717, 1.165) is 0 Å². The molecule has 0 aliphatic rings. The Balaban J connectivity index is 2.30. The molecular formula is C13H10F2N4O. The lowest BCUT2D eigenvalue weighted by Crippen LogP contribution is -2.06. The van der Waals surface area contributed by atoms with Crippen molar-refractivity contribution in [1.82, 2.24) is 9.97 Å². The van der Waals surface area contributed by atoms with Gasteiger partial charge >= 0.3 is 6.61 Å². The van der Waals surface area contributed by atoms with Gasteiger partial charge in [0.25, 0.3) is 0 Å². The summed E-state index contributed by atoms with van der Waals surface area (Å²) in [7, 11) is 0. The number of nitrogens with one attached hydrogen (secondary N) is 1. The molecule has 0 radical (unpaired) electrons. The lowest BCUT2D eigenvalue weighted by atomic mass is 10.3. The smallest absolute Gasteiger partial charge is 0.387 e. The summed E-state index contributed by atoms with van der Waals surface area (Å²) in [5.41, 5.74) is 1.07. The van der Waals surface area contributed by atoms with Gasteiger partial charge in [-0.25, -0.2) is 9.97 Å². The van der Waals surface area contributed by atoms with Gasteiger partial charge in [-0.3, -0.25) is 0 Å². The van der Waals surface area contributed by atoms with E-state index in [0.29, 0.717) is 11.4 Å². The molecule has 2 aromatic rings. The zero-order valence-corrected chi connectivity index (χ0v) is 10.5. The van der Waals surface area contributed by atoms with Gasteiger partial charge in [0.15, 0.2) is 0 Å². The molecule has 1 aromatic heterocycles. The van der Waals surface area contributed by atoms with Crippen molar-refractivity contribution in [3.05, 3.63) is 41.7 Å². The first-order valence-corrected chi connectivity index (χ1v) is 5.65. The molecule has 0 bridgehead atoms. The monoisotopic (exact) mass is 276 g/mol. The van der Waals surface area contributed by atoms with E-state index in [1.54, 1.807) is 25.1 Å². The van der Waals surface area contributed by atoms with Crippen molar-refractivity contribution >= 4 is 11.6 Å². The van der Waals surface area contributed by atoms with E-state index in [9.17, 15) is 8.78 Å². The fourth-order valence-electron chi connectivity index (χ4n) is 1.57.